The van der Waals surface area contributed by atoms with E-state index in [4.69, 9.17) is 4.74 Å². The van der Waals surface area contributed by atoms with Crippen molar-refractivity contribution in [2.75, 3.05) is 11.9 Å². The molecule has 1 amide bonds. The van der Waals surface area contributed by atoms with Gasteiger partial charge in [0.15, 0.2) is 29.4 Å². The maximum atomic E-state index is 14.1. The topological polar surface area (TPSA) is 122 Å². The number of amides is 1. The van der Waals surface area contributed by atoms with Gasteiger partial charge in [0.25, 0.3) is 0 Å². The predicted octanol–water partition coefficient (Wildman–Crippen LogP) is 4.83. The number of ether oxygens (including phenoxy) is 1. The summed E-state index contributed by atoms with van der Waals surface area (Å²) in [5.41, 5.74) is 0.631. The Hall–Kier alpha value is -2.17. The van der Waals surface area contributed by atoms with E-state index in [0.29, 0.717) is 17.6 Å². The van der Waals surface area contributed by atoms with Gasteiger partial charge in [-0.1, -0.05) is 84.0 Å². The van der Waals surface area contributed by atoms with Crippen molar-refractivity contribution in [3.8, 4) is 0 Å². The maximum absolute atomic E-state index is 14.1. The summed E-state index contributed by atoms with van der Waals surface area (Å²) in [7, 11) is 0. The van der Waals surface area contributed by atoms with Crippen LogP contribution in [0.1, 0.15) is 103 Å². The van der Waals surface area contributed by atoms with Gasteiger partial charge in [-0.3, -0.25) is 9.36 Å². The van der Waals surface area contributed by atoms with Gasteiger partial charge in [0.2, 0.25) is 5.91 Å². The molecule has 202 valence electrons. The van der Waals surface area contributed by atoms with Crippen molar-refractivity contribution in [2.45, 2.75) is 121 Å². The number of fused-ring (bicyclic) bond motifs is 1. The lowest BCUT2D eigenvalue weighted by molar-refractivity contribution is -0.116. The van der Waals surface area contributed by atoms with E-state index in [1.165, 1.54) is 81.4 Å². The van der Waals surface area contributed by atoms with Gasteiger partial charge >= 0.3 is 0 Å². The van der Waals surface area contributed by atoms with Gasteiger partial charge in [-0.05, 0) is 6.42 Å². The van der Waals surface area contributed by atoms with Crippen molar-refractivity contribution in [1.82, 2.24) is 19.5 Å². The van der Waals surface area contributed by atoms with Gasteiger partial charge < -0.3 is 20.3 Å². The Bertz CT molecular complexity index is 927. The lowest BCUT2D eigenvalue weighted by atomic mass is 10.0. The monoisotopic (exact) mass is 507 g/mol. The van der Waals surface area contributed by atoms with Gasteiger partial charge in [-0.25, -0.2) is 19.3 Å². The molecule has 0 unspecified atom stereocenters. The molecular formula is C26H42FN5O4. The second-order valence-corrected chi connectivity index (χ2v) is 9.77. The summed E-state index contributed by atoms with van der Waals surface area (Å²) in [6.45, 7) is 1.70. The number of hydrogen-bond acceptors (Lipinski definition) is 7. The number of carbonyl (C=O) groups is 1. The number of rotatable bonds is 17. The number of alkyl halides is 1. The molecule has 1 fully saturated rings. The number of aliphatic hydroxyl groups is 2. The number of aliphatic hydroxyl groups excluding tert-OH is 2. The first-order valence-corrected chi connectivity index (χ1v) is 13.6. The Balaban J connectivity index is 1.35. The molecule has 4 atom stereocenters. The van der Waals surface area contributed by atoms with Crippen molar-refractivity contribution in [3.05, 3.63) is 12.7 Å². The lowest BCUT2D eigenvalue weighted by Gasteiger charge is -2.16. The molecule has 1 aliphatic rings. The van der Waals surface area contributed by atoms with Gasteiger partial charge in [0.1, 0.15) is 18.5 Å². The minimum atomic E-state index is -1.72. The predicted molar refractivity (Wildman–Crippen MR) is 136 cm³/mol. The normalized spacial score (nSPS) is 21.9. The molecule has 10 heteroatoms. The number of hydrogen-bond donors (Lipinski definition) is 3. The van der Waals surface area contributed by atoms with Crippen molar-refractivity contribution in [2.24, 2.45) is 0 Å². The van der Waals surface area contributed by atoms with Crippen molar-refractivity contribution in [1.29, 1.82) is 0 Å². The number of nitrogens with one attached hydrogen (secondary N) is 1. The fourth-order valence-electron chi connectivity index (χ4n) is 4.71. The smallest absolute Gasteiger partial charge is 0.225 e. The van der Waals surface area contributed by atoms with Crippen LogP contribution in [0.5, 0.6) is 0 Å². The van der Waals surface area contributed by atoms with Crippen LogP contribution < -0.4 is 5.32 Å². The van der Waals surface area contributed by atoms with E-state index < -0.39 is 31.2 Å². The summed E-state index contributed by atoms with van der Waals surface area (Å²) in [6.07, 6.45) is 13.9. The third-order valence-corrected chi connectivity index (χ3v) is 6.87. The van der Waals surface area contributed by atoms with Gasteiger partial charge in [-0.2, -0.15) is 0 Å². The maximum Gasteiger partial charge on any atom is 0.225 e. The molecule has 0 saturated carbocycles. The van der Waals surface area contributed by atoms with Crippen LogP contribution in [0.3, 0.4) is 0 Å². The van der Waals surface area contributed by atoms with Crippen molar-refractivity contribution >= 4 is 22.9 Å². The summed E-state index contributed by atoms with van der Waals surface area (Å²) in [5, 5.41) is 22.2. The third-order valence-electron chi connectivity index (χ3n) is 6.87. The Morgan fingerprint density at radius 1 is 1.00 bits per heavy atom. The summed E-state index contributed by atoms with van der Waals surface area (Å²) in [5.74, 6) is 0.121. The van der Waals surface area contributed by atoms with E-state index in [-0.39, 0.29) is 11.7 Å². The first-order chi connectivity index (χ1) is 17.6. The third kappa shape index (κ3) is 7.91. The number of imidazole rings is 1. The largest absolute Gasteiger partial charge is 0.394 e. The van der Waals surface area contributed by atoms with E-state index >= 15 is 0 Å². The molecule has 2 aromatic rings. The SMILES string of the molecule is CCCCCCCCCCCCCCCC(=O)Nc1ncnc2c1ncn2[C@@H]1O[C@H](CO)[C@@H](F)[C@H]1O. The summed E-state index contributed by atoms with van der Waals surface area (Å²) >= 11 is 0. The zero-order valence-corrected chi connectivity index (χ0v) is 21.4. The van der Waals surface area contributed by atoms with Crippen LogP contribution >= 0.6 is 0 Å². The summed E-state index contributed by atoms with van der Waals surface area (Å²) < 4.78 is 21.0. The molecule has 0 aliphatic carbocycles. The minimum absolute atomic E-state index is 0.144. The molecular weight excluding hydrogens is 465 g/mol. The Kier molecular flexibility index (Phi) is 12.0. The second-order valence-electron chi connectivity index (χ2n) is 9.77. The molecule has 3 heterocycles. The fourth-order valence-corrected chi connectivity index (χ4v) is 4.71. The van der Waals surface area contributed by atoms with E-state index in [1.807, 2.05) is 0 Å². The molecule has 36 heavy (non-hydrogen) atoms. The van der Waals surface area contributed by atoms with Gasteiger partial charge in [0.05, 0.1) is 12.9 Å². The molecule has 0 spiro atoms. The highest BCUT2D eigenvalue weighted by Gasteiger charge is 2.45. The van der Waals surface area contributed by atoms with Crippen LogP contribution in [0, 0.1) is 0 Å². The Morgan fingerprint density at radius 3 is 2.19 bits per heavy atom. The number of aromatic nitrogens is 4. The highest BCUT2D eigenvalue weighted by atomic mass is 19.1. The molecule has 0 aromatic carbocycles. The molecule has 3 N–H and O–H groups in total. The quantitative estimate of drug-likeness (QED) is 0.262. The highest BCUT2D eigenvalue weighted by molar-refractivity contribution is 5.96. The van der Waals surface area contributed by atoms with Crippen molar-refractivity contribution in [3.63, 3.8) is 0 Å². The fraction of sp³-hybridized carbons (Fsp3) is 0.769. The Morgan fingerprint density at radius 2 is 1.61 bits per heavy atom. The molecule has 9 nitrogen and oxygen atoms in total. The average molecular weight is 508 g/mol. The first kappa shape index (κ1) is 28.4. The van der Waals surface area contributed by atoms with E-state index in [9.17, 15) is 19.4 Å². The van der Waals surface area contributed by atoms with Crippen LogP contribution in [0.2, 0.25) is 0 Å². The standard InChI is InChI=1S/C26H42FN5O4/c1-2-3-4-5-6-7-8-9-10-11-12-13-14-15-20(34)31-24-22-25(29-17-28-24)32(18-30-22)26-23(35)21(27)19(16-33)36-26/h17-19,21,23,26,33,35H,2-16H2,1H3,(H,28,29,31,34)/t19-,21-,23-,26-/m1/s1. The summed E-state index contributed by atoms with van der Waals surface area (Å²) in [4.78, 5) is 25.0. The van der Waals surface area contributed by atoms with Crippen molar-refractivity contribution < 1.29 is 24.1 Å². The lowest BCUT2D eigenvalue weighted by Crippen LogP contribution is -2.29. The van der Waals surface area contributed by atoms with E-state index in [1.54, 1.807) is 0 Å². The van der Waals surface area contributed by atoms with Gasteiger partial charge in [0, 0.05) is 6.42 Å². The molecule has 0 bridgehead atoms. The highest BCUT2D eigenvalue weighted by Crippen LogP contribution is 2.33. The van der Waals surface area contributed by atoms with Crippen LogP contribution in [0.4, 0.5) is 10.2 Å². The van der Waals surface area contributed by atoms with E-state index in [2.05, 4.69) is 27.2 Å². The van der Waals surface area contributed by atoms with Gasteiger partial charge in [-0.15, -0.1) is 0 Å². The number of halogens is 1. The number of nitrogens with zero attached hydrogens (tertiary/aromatic N) is 4. The molecule has 1 saturated heterocycles. The molecule has 2 aromatic heterocycles. The first-order valence-electron chi connectivity index (χ1n) is 13.6. The second kappa shape index (κ2) is 15.2. The van der Waals surface area contributed by atoms with Crippen LogP contribution in [0.15, 0.2) is 12.7 Å². The zero-order valence-electron chi connectivity index (χ0n) is 21.4. The minimum Gasteiger partial charge on any atom is -0.394 e. The average Bonchev–Trinajstić information content (AvgIpc) is 3.43. The van der Waals surface area contributed by atoms with Crippen LogP contribution in [-0.2, 0) is 9.53 Å². The number of unbranched alkanes of at least 4 members (excludes halogenated alkanes) is 12. The van der Waals surface area contributed by atoms with Crippen LogP contribution in [-0.4, -0.2) is 60.6 Å². The number of carbonyl (C=O) groups excluding carboxylic acids is 1. The summed E-state index contributed by atoms with van der Waals surface area (Å²) in [6, 6.07) is 0. The zero-order chi connectivity index (χ0) is 25.8. The van der Waals surface area contributed by atoms with E-state index in [0.717, 1.165) is 19.3 Å². The molecule has 0 radical (unpaired) electrons. The Labute approximate surface area is 212 Å². The van der Waals surface area contributed by atoms with Crippen LogP contribution in [0.25, 0.3) is 11.2 Å². The number of anilines is 1. The molecule has 1 aliphatic heterocycles. The molecule has 3 rings (SSSR count).